The van der Waals surface area contributed by atoms with Crippen molar-refractivity contribution in [3.63, 3.8) is 0 Å². The fourth-order valence-corrected chi connectivity index (χ4v) is 8.50. The lowest BCUT2D eigenvalue weighted by Gasteiger charge is -2.25. The van der Waals surface area contributed by atoms with Gasteiger partial charge in [0.25, 0.3) is 0 Å². The maximum Gasteiger partial charge on any atom is 0.472 e. The van der Waals surface area contributed by atoms with Gasteiger partial charge in [0.1, 0.15) is 0 Å². The van der Waals surface area contributed by atoms with Crippen LogP contribution in [-0.4, -0.2) is 59.0 Å². The van der Waals surface area contributed by atoms with Gasteiger partial charge in [0.2, 0.25) is 5.91 Å². The van der Waals surface area contributed by atoms with Crippen molar-refractivity contribution in [2.75, 3.05) is 19.8 Å². The molecule has 0 aliphatic carbocycles. The second-order valence-corrected chi connectivity index (χ2v) is 19.0. The molecule has 0 aromatic carbocycles. The average Bonchev–Trinajstić information content (AvgIpc) is 3.23. The summed E-state index contributed by atoms with van der Waals surface area (Å²) in [5.41, 5.74) is 5.39. The van der Waals surface area contributed by atoms with Gasteiger partial charge in [0.05, 0.1) is 37.9 Å². The molecular formula is C50H99N2O7P. The smallest absolute Gasteiger partial charge is 0.393 e. The molecule has 0 saturated heterocycles. The molecule has 0 radical (unpaired) electrons. The number of nitrogens with one attached hydrogen (secondary N) is 1. The summed E-state index contributed by atoms with van der Waals surface area (Å²) in [6, 6.07) is -0.901. The Morgan fingerprint density at radius 2 is 0.950 bits per heavy atom. The van der Waals surface area contributed by atoms with Crippen LogP contribution in [0.1, 0.15) is 251 Å². The van der Waals surface area contributed by atoms with Gasteiger partial charge in [-0.05, 0) is 44.9 Å². The Balaban J connectivity index is 4.17. The Morgan fingerprint density at radius 1 is 0.567 bits per heavy atom. The van der Waals surface area contributed by atoms with E-state index >= 15 is 0 Å². The van der Waals surface area contributed by atoms with Gasteiger partial charge in [-0.25, -0.2) is 4.57 Å². The minimum absolute atomic E-state index is 0.0583. The standard InChI is InChI=1S/C50H99N2O7P/c1-3-5-7-9-11-13-15-17-19-21-22-23-24-26-27-29-31-33-35-37-39-41-47(53)45-50(55)52-48(46-59-60(56,57)58-44-43-51)49(54)42-40-38-36-34-32-30-28-25-20-18-16-14-12-10-8-6-4-2/h22-23,26-27,47-49,53-54H,3-21,24-25,28-46,51H2,1-2H3,(H,52,55)(H,56,57)/b23-22-,27-26-. The summed E-state index contributed by atoms with van der Waals surface area (Å²) >= 11 is 0. The molecule has 4 unspecified atom stereocenters. The normalized spacial score (nSPS) is 14.6. The molecule has 0 aliphatic rings. The second-order valence-electron chi connectivity index (χ2n) is 17.6. The van der Waals surface area contributed by atoms with Crippen LogP contribution in [0.2, 0.25) is 0 Å². The van der Waals surface area contributed by atoms with Crippen molar-refractivity contribution in [2.45, 2.75) is 270 Å². The lowest BCUT2D eigenvalue weighted by atomic mass is 10.0. The molecule has 6 N–H and O–H groups in total. The lowest BCUT2D eigenvalue weighted by molar-refractivity contribution is -0.125. The maximum absolute atomic E-state index is 12.9. The van der Waals surface area contributed by atoms with E-state index in [-0.39, 0.29) is 26.2 Å². The third-order valence-electron chi connectivity index (χ3n) is 11.6. The molecule has 0 heterocycles. The molecule has 0 rings (SSSR count). The SMILES string of the molecule is CCCCCCCCCCC/C=C\C/C=C\CCCCCCCC(O)CC(=O)NC(COP(=O)(O)OCCN)C(O)CCCCCCCCCCCCCCCCCCC. The minimum Gasteiger partial charge on any atom is -0.393 e. The van der Waals surface area contributed by atoms with Crippen LogP contribution in [0.5, 0.6) is 0 Å². The number of phosphoric ester groups is 1. The second kappa shape index (κ2) is 45.9. The number of hydrogen-bond acceptors (Lipinski definition) is 7. The van der Waals surface area contributed by atoms with Crippen LogP contribution in [0.25, 0.3) is 0 Å². The first-order chi connectivity index (χ1) is 29.3. The predicted octanol–water partition coefficient (Wildman–Crippen LogP) is 13.9. The monoisotopic (exact) mass is 871 g/mol. The number of carbonyl (C=O) groups excluding carboxylic acids is 1. The van der Waals surface area contributed by atoms with Crippen LogP contribution in [0.15, 0.2) is 24.3 Å². The van der Waals surface area contributed by atoms with Gasteiger partial charge in [-0.1, -0.05) is 224 Å². The van der Waals surface area contributed by atoms with Crippen molar-refractivity contribution in [2.24, 2.45) is 5.73 Å². The predicted molar refractivity (Wildman–Crippen MR) is 255 cm³/mol. The highest BCUT2D eigenvalue weighted by Crippen LogP contribution is 2.43. The molecule has 1 amide bonds. The zero-order chi connectivity index (χ0) is 44.0. The van der Waals surface area contributed by atoms with Crippen LogP contribution in [0.3, 0.4) is 0 Å². The van der Waals surface area contributed by atoms with Crippen LogP contribution in [-0.2, 0) is 18.4 Å². The molecule has 10 heteroatoms. The average molecular weight is 871 g/mol. The summed E-state index contributed by atoms with van der Waals surface area (Å²) in [6.07, 6.45) is 50.8. The van der Waals surface area contributed by atoms with Gasteiger partial charge in [0, 0.05) is 6.54 Å². The molecule has 0 fully saturated rings. The number of rotatable bonds is 48. The van der Waals surface area contributed by atoms with E-state index in [1.807, 2.05) is 0 Å². The van der Waals surface area contributed by atoms with Crippen LogP contribution < -0.4 is 11.1 Å². The van der Waals surface area contributed by atoms with Crippen LogP contribution >= 0.6 is 7.82 Å². The molecule has 4 atom stereocenters. The van der Waals surface area contributed by atoms with E-state index in [0.717, 1.165) is 64.2 Å². The van der Waals surface area contributed by atoms with E-state index in [1.54, 1.807) is 0 Å². The van der Waals surface area contributed by atoms with E-state index in [2.05, 4.69) is 43.5 Å². The molecule has 60 heavy (non-hydrogen) atoms. The van der Waals surface area contributed by atoms with E-state index in [4.69, 9.17) is 14.8 Å². The molecule has 0 aromatic heterocycles. The first kappa shape index (κ1) is 58.9. The number of allylic oxidation sites excluding steroid dienone is 4. The highest BCUT2D eigenvalue weighted by atomic mass is 31.2. The molecule has 0 spiro atoms. The number of unbranched alkanes of at least 4 members (excludes halogenated alkanes) is 30. The summed E-state index contributed by atoms with van der Waals surface area (Å²) in [7, 11) is -4.38. The third-order valence-corrected chi connectivity index (χ3v) is 12.6. The summed E-state index contributed by atoms with van der Waals surface area (Å²) in [5, 5.41) is 24.3. The van der Waals surface area contributed by atoms with E-state index in [1.165, 1.54) is 154 Å². The lowest BCUT2D eigenvalue weighted by Crippen LogP contribution is -2.47. The Bertz CT molecular complexity index is 1010. The van der Waals surface area contributed by atoms with Crippen molar-refractivity contribution in [1.82, 2.24) is 5.32 Å². The number of aliphatic hydroxyl groups excluding tert-OH is 2. The first-order valence-corrected chi connectivity index (χ1v) is 27.0. The number of nitrogens with two attached hydrogens (primary N) is 1. The van der Waals surface area contributed by atoms with Gasteiger partial charge < -0.3 is 26.2 Å². The highest BCUT2D eigenvalue weighted by molar-refractivity contribution is 7.47. The Hall–Kier alpha value is -1.06. The fraction of sp³-hybridized carbons (Fsp3) is 0.900. The first-order valence-electron chi connectivity index (χ1n) is 25.5. The summed E-state index contributed by atoms with van der Waals surface area (Å²) < 4.78 is 22.2. The van der Waals surface area contributed by atoms with Gasteiger partial charge >= 0.3 is 7.82 Å². The van der Waals surface area contributed by atoms with Crippen LogP contribution in [0, 0.1) is 0 Å². The van der Waals surface area contributed by atoms with E-state index in [0.29, 0.717) is 12.8 Å². The fourth-order valence-electron chi connectivity index (χ4n) is 7.74. The van der Waals surface area contributed by atoms with Crippen molar-refractivity contribution in [1.29, 1.82) is 0 Å². The van der Waals surface area contributed by atoms with Gasteiger partial charge in [-0.2, -0.15) is 0 Å². The largest absolute Gasteiger partial charge is 0.472 e. The molecule has 0 aliphatic heterocycles. The highest BCUT2D eigenvalue weighted by Gasteiger charge is 2.28. The third kappa shape index (κ3) is 43.6. The number of hydrogen-bond donors (Lipinski definition) is 5. The zero-order valence-electron chi connectivity index (χ0n) is 39.3. The molecule has 0 aromatic rings. The molecule has 9 nitrogen and oxygen atoms in total. The number of phosphoric acid groups is 1. The number of aliphatic hydroxyl groups is 2. The van der Waals surface area contributed by atoms with Crippen molar-refractivity contribution in [3.8, 4) is 0 Å². The summed E-state index contributed by atoms with van der Waals surface area (Å²) in [6.45, 7) is 4.07. The maximum atomic E-state index is 12.9. The molecule has 356 valence electrons. The minimum atomic E-state index is -4.38. The molecule has 0 saturated carbocycles. The van der Waals surface area contributed by atoms with E-state index in [9.17, 15) is 24.5 Å². The Morgan fingerprint density at radius 3 is 1.37 bits per heavy atom. The number of carbonyl (C=O) groups is 1. The summed E-state index contributed by atoms with van der Waals surface area (Å²) in [4.78, 5) is 22.9. The van der Waals surface area contributed by atoms with Crippen molar-refractivity contribution in [3.05, 3.63) is 24.3 Å². The van der Waals surface area contributed by atoms with Gasteiger partial charge in [-0.3, -0.25) is 13.8 Å². The van der Waals surface area contributed by atoms with Gasteiger partial charge in [-0.15, -0.1) is 0 Å². The van der Waals surface area contributed by atoms with Crippen molar-refractivity contribution < 1.29 is 33.5 Å². The van der Waals surface area contributed by atoms with Crippen LogP contribution in [0.4, 0.5) is 0 Å². The van der Waals surface area contributed by atoms with Crippen molar-refractivity contribution >= 4 is 13.7 Å². The molecule has 0 bridgehead atoms. The quantitative estimate of drug-likeness (QED) is 0.0230. The number of amides is 1. The Kier molecular flexibility index (Phi) is 45.1. The topological polar surface area (TPSA) is 151 Å². The van der Waals surface area contributed by atoms with E-state index < -0.39 is 32.0 Å². The zero-order valence-corrected chi connectivity index (χ0v) is 40.2. The molecular weight excluding hydrogens is 772 g/mol. The van der Waals surface area contributed by atoms with Gasteiger partial charge in [0.15, 0.2) is 0 Å². The Labute approximate surface area is 370 Å². The summed E-state index contributed by atoms with van der Waals surface area (Å²) in [5.74, 6) is -0.418.